The Bertz CT molecular complexity index is 597. The summed E-state index contributed by atoms with van der Waals surface area (Å²) in [5.74, 6) is 0.869. The lowest BCUT2D eigenvalue weighted by atomic mass is 9.92. The van der Waals surface area contributed by atoms with Crippen molar-refractivity contribution < 1.29 is 0 Å². The summed E-state index contributed by atoms with van der Waals surface area (Å²) in [7, 11) is 0. The molecule has 2 heterocycles. The van der Waals surface area contributed by atoms with E-state index in [9.17, 15) is 0 Å². The zero-order valence-electron chi connectivity index (χ0n) is 14.6. The van der Waals surface area contributed by atoms with Crippen LogP contribution in [0, 0.1) is 0 Å². The number of hydrogen-bond acceptors (Lipinski definition) is 3. The van der Waals surface area contributed by atoms with Crippen molar-refractivity contribution in [2.45, 2.75) is 32.6 Å². The number of thiophene rings is 1. The van der Waals surface area contributed by atoms with Gasteiger partial charge in [-0.2, -0.15) is 0 Å². The largest absolute Gasteiger partial charge is 0.357 e. The van der Waals surface area contributed by atoms with E-state index in [1.54, 1.807) is 11.3 Å². The smallest absolute Gasteiger partial charge is 0.191 e. The fraction of sp³-hybridized carbons (Fsp3) is 0.444. The number of rotatable bonds is 7. The molecule has 0 saturated carbocycles. The molecule has 0 atom stereocenters. The van der Waals surface area contributed by atoms with Crippen LogP contribution < -0.4 is 10.6 Å². The molecule has 2 rings (SSSR count). The molecular weight excluding hydrogens is 431 g/mol. The van der Waals surface area contributed by atoms with Crippen LogP contribution in [0.5, 0.6) is 0 Å². The first kappa shape index (κ1) is 20.9. The Morgan fingerprint density at radius 1 is 1.21 bits per heavy atom. The van der Waals surface area contributed by atoms with E-state index in [-0.39, 0.29) is 29.4 Å². The third-order valence-electron chi connectivity index (χ3n) is 3.56. The molecule has 24 heavy (non-hydrogen) atoms. The quantitative estimate of drug-likeness (QED) is 0.377. The molecule has 0 radical (unpaired) electrons. The van der Waals surface area contributed by atoms with Crippen molar-refractivity contribution in [2.75, 3.05) is 19.6 Å². The highest BCUT2D eigenvalue weighted by Gasteiger charge is 2.21. The third-order valence-corrected chi connectivity index (χ3v) is 4.80. The molecule has 4 nitrogen and oxygen atoms in total. The molecule has 0 spiro atoms. The standard InChI is InChI=1S/C18H26N4S.HI/c1-4-19-17(21-12-10-15-8-5-6-11-20-15)22-14-18(2,3)16-9-7-13-23-16;/h5-9,11,13H,4,10,12,14H2,1-3H3,(H2,19,21,22);1H. The minimum Gasteiger partial charge on any atom is -0.357 e. The predicted octanol–water partition coefficient (Wildman–Crippen LogP) is 3.84. The van der Waals surface area contributed by atoms with Crippen LogP contribution in [0.4, 0.5) is 0 Å². The van der Waals surface area contributed by atoms with Crippen molar-refractivity contribution in [1.29, 1.82) is 0 Å². The zero-order valence-corrected chi connectivity index (χ0v) is 17.7. The first-order chi connectivity index (χ1) is 11.1. The lowest BCUT2D eigenvalue weighted by Crippen LogP contribution is -2.39. The highest BCUT2D eigenvalue weighted by atomic mass is 127. The number of pyridine rings is 1. The number of nitrogens with one attached hydrogen (secondary N) is 2. The molecule has 0 fully saturated rings. The molecule has 0 aliphatic heterocycles. The highest BCUT2D eigenvalue weighted by molar-refractivity contribution is 14.0. The summed E-state index contributed by atoms with van der Waals surface area (Å²) in [6.45, 7) is 8.99. The predicted molar refractivity (Wildman–Crippen MR) is 115 cm³/mol. The normalized spacial score (nSPS) is 11.7. The summed E-state index contributed by atoms with van der Waals surface area (Å²) in [6.07, 6.45) is 2.72. The minimum atomic E-state index is 0. The van der Waals surface area contributed by atoms with Crippen LogP contribution in [0.3, 0.4) is 0 Å². The molecule has 2 N–H and O–H groups in total. The van der Waals surface area contributed by atoms with Crippen molar-refractivity contribution in [3.05, 3.63) is 52.5 Å². The lowest BCUT2D eigenvalue weighted by Gasteiger charge is -2.21. The first-order valence-corrected chi connectivity index (χ1v) is 8.96. The monoisotopic (exact) mass is 458 g/mol. The third kappa shape index (κ3) is 6.76. The number of guanidine groups is 1. The van der Waals surface area contributed by atoms with Crippen molar-refractivity contribution in [3.63, 3.8) is 0 Å². The summed E-state index contributed by atoms with van der Waals surface area (Å²) in [4.78, 5) is 10.5. The van der Waals surface area contributed by atoms with Crippen LogP contribution in [0.15, 0.2) is 46.9 Å². The van der Waals surface area contributed by atoms with Crippen LogP contribution in [0.2, 0.25) is 0 Å². The number of aromatic nitrogens is 1. The van der Waals surface area contributed by atoms with E-state index in [1.807, 2.05) is 24.4 Å². The Hall–Kier alpha value is -1.15. The fourth-order valence-corrected chi connectivity index (χ4v) is 3.06. The van der Waals surface area contributed by atoms with Crippen LogP contribution >= 0.6 is 35.3 Å². The van der Waals surface area contributed by atoms with Gasteiger partial charge in [0.05, 0.1) is 6.54 Å². The molecule has 0 aliphatic carbocycles. The van der Waals surface area contributed by atoms with Crippen molar-refractivity contribution in [2.24, 2.45) is 4.99 Å². The zero-order chi connectivity index (χ0) is 16.5. The van der Waals surface area contributed by atoms with Gasteiger partial charge in [-0.25, -0.2) is 0 Å². The van der Waals surface area contributed by atoms with Gasteiger partial charge >= 0.3 is 0 Å². The van der Waals surface area contributed by atoms with E-state index in [0.717, 1.165) is 37.7 Å². The fourth-order valence-electron chi connectivity index (χ4n) is 2.22. The average molecular weight is 458 g/mol. The van der Waals surface area contributed by atoms with Gasteiger partial charge in [-0.3, -0.25) is 9.98 Å². The molecule has 0 amide bonds. The SMILES string of the molecule is CCNC(=NCC(C)(C)c1cccs1)NCCc1ccccn1.I. The van der Waals surface area contributed by atoms with E-state index < -0.39 is 0 Å². The van der Waals surface area contributed by atoms with Gasteiger partial charge in [0.25, 0.3) is 0 Å². The summed E-state index contributed by atoms with van der Waals surface area (Å²) < 4.78 is 0. The number of halogens is 1. The summed E-state index contributed by atoms with van der Waals surface area (Å²) >= 11 is 1.79. The second-order valence-corrected chi connectivity index (χ2v) is 7.00. The number of hydrogen-bond donors (Lipinski definition) is 2. The molecule has 2 aromatic rings. The Labute approximate surface area is 166 Å². The summed E-state index contributed by atoms with van der Waals surface area (Å²) in [6, 6.07) is 10.3. The maximum Gasteiger partial charge on any atom is 0.191 e. The van der Waals surface area contributed by atoms with Crippen LogP contribution in [0.25, 0.3) is 0 Å². The molecular formula is C18H27IN4S. The van der Waals surface area contributed by atoms with Crippen molar-refractivity contribution >= 4 is 41.3 Å². The van der Waals surface area contributed by atoms with E-state index >= 15 is 0 Å². The van der Waals surface area contributed by atoms with Gasteiger partial charge in [-0.1, -0.05) is 26.0 Å². The second-order valence-electron chi connectivity index (χ2n) is 6.05. The first-order valence-electron chi connectivity index (χ1n) is 8.08. The summed E-state index contributed by atoms with van der Waals surface area (Å²) in [5.41, 5.74) is 1.15. The van der Waals surface area contributed by atoms with Gasteiger partial charge in [0.1, 0.15) is 0 Å². The van der Waals surface area contributed by atoms with E-state index in [2.05, 4.69) is 53.9 Å². The minimum absolute atomic E-state index is 0. The molecule has 0 aromatic carbocycles. The Kier molecular flexibility index (Phi) is 9.28. The van der Waals surface area contributed by atoms with Gasteiger partial charge in [0.2, 0.25) is 0 Å². The highest BCUT2D eigenvalue weighted by Crippen LogP contribution is 2.27. The van der Waals surface area contributed by atoms with Gasteiger partial charge in [0, 0.05) is 41.7 Å². The maximum atomic E-state index is 4.75. The van der Waals surface area contributed by atoms with Crippen molar-refractivity contribution in [1.82, 2.24) is 15.6 Å². The lowest BCUT2D eigenvalue weighted by molar-refractivity contribution is 0.548. The van der Waals surface area contributed by atoms with Crippen LogP contribution in [-0.4, -0.2) is 30.6 Å². The van der Waals surface area contributed by atoms with E-state index in [4.69, 9.17) is 4.99 Å². The second kappa shape index (κ2) is 10.7. The molecule has 0 saturated heterocycles. The summed E-state index contributed by atoms with van der Waals surface area (Å²) in [5, 5.41) is 8.82. The molecule has 0 unspecified atom stereocenters. The number of aliphatic imine (C=N–C) groups is 1. The van der Waals surface area contributed by atoms with Gasteiger partial charge in [0.15, 0.2) is 5.96 Å². The average Bonchev–Trinajstić information content (AvgIpc) is 3.09. The molecule has 0 aliphatic rings. The molecule has 6 heteroatoms. The topological polar surface area (TPSA) is 49.3 Å². The molecule has 0 bridgehead atoms. The van der Waals surface area contributed by atoms with Gasteiger partial charge < -0.3 is 10.6 Å². The van der Waals surface area contributed by atoms with Gasteiger partial charge in [-0.05, 0) is 30.5 Å². The van der Waals surface area contributed by atoms with Crippen LogP contribution in [-0.2, 0) is 11.8 Å². The van der Waals surface area contributed by atoms with Gasteiger partial charge in [-0.15, -0.1) is 35.3 Å². The Morgan fingerprint density at radius 2 is 2.04 bits per heavy atom. The van der Waals surface area contributed by atoms with E-state index in [0.29, 0.717) is 0 Å². The molecule has 132 valence electrons. The number of nitrogens with zero attached hydrogens (tertiary/aromatic N) is 2. The van der Waals surface area contributed by atoms with E-state index in [1.165, 1.54) is 4.88 Å². The van der Waals surface area contributed by atoms with Crippen LogP contribution in [0.1, 0.15) is 31.3 Å². The Balaban J connectivity index is 0.00000288. The Morgan fingerprint density at radius 3 is 2.67 bits per heavy atom. The molecule has 2 aromatic heterocycles. The van der Waals surface area contributed by atoms with Crippen molar-refractivity contribution in [3.8, 4) is 0 Å². The maximum absolute atomic E-state index is 4.75.